The molecule has 1 fully saturated rings. The molecule has 0 bridgehead atoms. The smallest absolute Gasteiger partial charge is 0.416 e. The average molecular weight is 458 g/mol. The zero-order chi connectivity index (χ0) is 23.2. The van der Waals surface area contributed by atoms with Gasteiger partial charge in [-0.05, 0) is 61.7 Å². The van der Waals surface area contributed by atoms with Crippen molar-refractivity contribution in [3.05, 3.63) is 65.4 Å². The molecule has 0 amide bonds. The summed E-state index contributed by atoms with van der Waals surface area (Å²) in [5.74, 6) is 1.38. The lowest BCUT2D eigenvalue weighted by Crippen LogP contribution is -2.48. The van der Waals surface area contributed by atoms with E-state index in [1.54, 1.807) is 6.07 Å². The molecule has 2 aliphatic heterocycles. The molecule has 3 heterocycles. The Morgan fingerprint density at radius 3 is 2.67 bits per heavy atom. The first-order valence-electron chi connectivity index (χ1n) is 11.0. The molecule has 2 aromatic carbocycles. The number of fused-ring (bicyclic) bond motifs is 3. The van der Waals surface area contributed by atoms with Crippen molar-refractivity contribution in [3.8, 4) is 11.5 Å². The Hall–Kier alpha value is -2.84. The lowest BCUT2D eigenvalue weighted by molar-refractivity contribution is -0.137. The fraction of sp³-hybridized carbons (Fsp3) is 0.400. The maximum Gasteiger partial charge on any atom is 0.416 e. The highest BCUT2D eigenvalue weighted by Gasteiger charge is 2.38. The van der Waals surface area contributed by atoms with Gasteiger partial charge in [-0.3, -0.25) is 9.88 Å². The third kappa shape index (κ3) is 4.37. The summed E-state index contributed by atoms with van der Waals surface area (Å²) in [6.07, 6.45) is -3.92. The monoisotopic (exact) mass is 458 g/mol. The molecule has 0 aliphatic carbocycles. The summed E-state index contributed by atoms with van der Waals surface area (Å²) in [6, 6.07) is 12.7. The van der Waals surface area contributed by atoms with E-state index in [0.29, 0.717) is 56.1 Å². The summed E-state index contributed by atoms with van der Waals surface area (Å²) in [7, 11) is 0. The van der Waals surface area contributed by atoms with Crippen LogP contribution in [0.25, 0.3) is 10.9 Å². The average Bonchev–Trinajstić information content (AvgIpc) is 2.80. The second kappa shape index (κ2) is 8.18. The third-order valence-corrected chi connectivity index (χ3v) is 6.51. The largest absolute Gasteiger partial charge is 0.486 e. The van der Waals surface area contributed by atoms with Crippen LogP contribution in [-0.4, -0.2) is 47.3 Å². The molecule has 5 nitrogen and oxygen atoms in total. The summed E-state index contributed by atoms with van der Waals surface area (Å²) in [5.41, 5.74) is 0.0876. The fourth-order valence-corrected chi connectivity index (χ4v) is 4.63. The number of pyridine rings is 1. The molecule has 0 radical (unpaired) electrons. The minimum atomic E-state index is -4.43. The second-order valence-corrected chi connectivity index (χ2v) is 8.87. The van der Waals surface area contributed by atoms with E-state index in [2.05, 4.69) is 9.88 Å². The van der Waals surface area contributed by atoms with Gasteiger partial charge >= 0.3 is 6.18 Å². The molecular formula is C25H25F3N2O3. The molecule has 1 atom stereocenters. The van der Waals surface area contributed by atoms with E-state index < -0.39 is 17.3 Å². The van der Waals surface area contributed by atoms with E-state index in [1.165, 1.54) is 6.07 Å². The van der Waals surface area contributed by atoms with Crippen molar-refractivity contribution in [2.45, 2.75) is 37.6 Å². The van der Waals surface area contributed by atoms with Gasteiger partial charge in [-0.15, -0.1) is 0 Å². The summed E-state index contributed by atoms with van der Waals surface area (Å²) in [5, 5.41) is 12.0. The van der Waals surface area contributed by atoms with Gasteiger partial charge in [-0.25, -0.2) is 0 Å². The number of aryl methyl sites for hydroxylation is 1. The van der Waals surface area contributed by atoms with Crippen molar-refractivity contribution in [2.75, 3.05) is 26.2 Å². The van der Waals surface area contributed by atoms with Crippen LogP contribution in [0.3, 0.4) is 0 Å². The molecule has 5 rings (SSSR count). The topological polar surface area (TPSA) is 54.8 Å². The third-order valence-electron chi connectivity index (χ3n) is 6.51. The number of ether oxygens (including phenoxy) is 2. The van der Waals surface area contributed by atoms with Gasteiger partial charge in [0.25, 0.3) is 0 Å². The van der Waals surface area contributed by atoms with Crippen LogP contribution in [0.2, 0.25) is 0 Å². The molecule has 174 valence electrons. The first-order valence-corrected chi connectivity index (χ1v) is 11.0. The van der Waals surface area contributed by atoms with Gasteiger partial charge in [0.15, 0.2) is 11.5 Å². The van der Waals surface area contributed by atoms with Crippen molar-refractivity contribution in [3.63, 3.8) is 0 Å². The number of alkyl halides is 3. The minimum Gasteiger partial charge on any atom is -0.486 e. The van der Waals surface area contributed by atoms with E-state index in [1.807, 2.05) is 31.2 Å². The number of likely N-dealkylation sites (tertiary alicyclic amines) is 1. The first-order chi connectivity index (χ1) is 15.7. The number of halogens is 3. The van der Waals surface area contributed by atoms with Crippen molar-refractivity contribution in [2.24, 2.45) is 0 Å². The number of hydrogen-bond acceptors (Lipinski definition) is 5. The second-order valence-electron chi connectivity index (χ2n) is 8.87. The van der Waals surface area contributed by atoms with Gasteiger partial charge < -0.3 is 14.6 Å². The zero-order valence-corrected chi connectivity index (χ0v) is 18.2. The summed E-state index contributed by atoms with van der Waals surface area (Å²) < 4.78 is 51.5. The van der Waals surface area contributed by atoms with Crippen LogP contribution in [0.1, 0.15) is 29.7 Å². The van der Waals surface area contributed by atoms with Crippen LogP contribution < -0.4 is 9.47 Å². The van der Waals surface area contributed by atoms with Gasteiger partial charge in [0, 0.05) is 30.7 Å². The number of aromatic nitrogens is 1. The van der Waals surface area contributed by atoms with Crippen LogP contribution >= 0.6 is 0 Å². The zero-order valence-electron chi connectivity index (χ0n) is 18.2. The lowest BCUT2D eigenvalue weighted by atomic mass is 9.83. The minimum absolute atomic E-state index is 0.191. The molecule has 0 saturated carbocycles. The molecule has 2 aliphatic rings. The molecule has 33 heavy (non-hydrogen) atoms. The number of nitrogens with zero attached hydrogens (tertiary/aromatic N) is 2. The summed E-state index contributed by atoms with van der Waals surface area (Å²) >= 11 is 0. The highest BCUT2D eigenvalue weighted by molar-refractivity contribution is 5.88. The van der Waals surface area contributed by atoms with Crippen LogP contribution in [-0.2, 0) is 11.8 Å². The first kappa shape index (κ1) is 22.0. The van der Waals surface area contributed by atoms with E-state index >= 15 is 0 Å². The van der Waals surface area contributed by atoms with Gasteiger partial charge in [0.2, 0.25) is 0 Å². The highest BCUT2D eigenvalue weighted by atomic mass is 19.4. The maximum absolute atomic E-state index is 13.1. The molecule has 8 heteroatoms. The van der Waals surface area contributed by atoms with Gasteiger partial charge in [0.1, 0.15) is 12.7 Å². The standard InChI is InChI=1S/C25H25F3N2O3/c1-16-5-6-20-21(29-16)7-8-22-23(20)33-19(15-32-22)14-30-11-9-24(31,10-12-30)17-3-2-4-18(13-17)25(26,27)28/h2-8,13,19,31H,9-12,14-15H2,1H3. The fourth-order valence-electron chi connectivity index (χ4n) is 4.63. The van der Waals surface area contributed by atoms with E-state index in [9.17, 15) is 18.3 Å². The molecule has 3 aromatic rings. The van der Waals surface area contributed by atoms with Crippen molar-refractivity contribution >= 4 is 10.9 Å². The predicted octanol–water partition coefficient (Wildman–Crippen LogP) is 4.69. The summed E-state index contributed by atoms with van der Waals surface area (Å²) in [6.45, 7) is 4.06. The van der Waals surface area contributed by atoms with Crippen LogP contribution in [0.5, 0.6) is 11.5 Å². The van der Waals surface area contributed by atoms with Crippen molar-refractivity contribution in [1.82, 2.24) is 9.88 Å². The van der Waals surface area contributed by atoms with Crippen LogP contribution in [0.15, 0.2) is 48.5 Å². The van der Waals surface area contributed by atoms with Crippen molar-refractivity contribution in [1.29, 1.82) is 0 Å². The maximum atomic E-state index is 13.1. The van der Waals surface area contributed by atoms with Crippen molar-refractivity contribution < 1.29 is 27.8 Å². The SMILES string of the molecule is Cc1ccc2c3c(ccc2n1)OCC(CN1CCC(O)(c2cccc(C(F)(F)F)c2)CC1)O3. The van der Waals surface area contributed by atoms with Gasteiger partial charge in [-0.2, -0.15) is 13.2 Å². The van der Waals surface area contributed by atoms with Gasteiger partial charge in [0.05, 0.1) is 16.7 Å². The molecule has 1 unspecified atom stereocenters. The Kier molecular flexibility index (Phi) is 5.45. The molecular weight excluding hydrogens is 433 g/mol. The van der Waals surface area contributed by atoms with Gasteiger partial charge in [-0.1, -0.05) is 12.1 Å². The Balaban J connectivity index is 1.25. The summed E-state index contributed by atoms with van der Waals surface area (Å²) in [4.78, 5) is 6.71. The Morgan fingerprint density at radius 2 is 1.91 bits per heavy atom. The number of benzene rings is 2. The predicted molar refractivity (Wildman–Crippen MR) is 117 cm³/mol. The Bertz CT molecular complexity index is 1170. The van der Waals surface area contributed by atoms with Crippen LogP contribution in [0, 0.1) is 6.92 Å². The number of aliphatic hydroxyl groups is 1. The molecule has 1 aromatic heterocycles. The number of rotatable bonds is 3. The number of hydrogen-bond donors (Lipinski definition) is 1. The lowest BCUT2D eigenvalue weighted by Gasteiger charge is -2.40. The van der Waals surface area contributed by atoms with E-state index in [-0.39, 0.29) is 6.10 Å². The van der Waals surface area contributed by atoms with Crippen LogP contribution in [0.4, 0.5) is 13.2 Å². The number of piperidine rings is 1. The Morgan fingerprint density at radius 1 is 1.12 bits per heavy atom. The molecule has 1 saturated heterocycles. The molecule has 1 N–H and O–H groups in total. The van der Waals surface area contributed by atoms with E-state index in [4.69, 9.17) is 9.47 Å². The normalized spacial score (nSPS) is 20.7. The quantitative estimate of drug-likeness (QED) is 0.618. The van der Waals surface area contributed by atoms with E-state index in [0.717, 1.165) is 28.7 Å². The molecule has 0 spiro atoms. The Labute approximate surface area is 189 Å². The highest BCUT2D eigenvalue weighted by Crippen LogP contribution is 2.40.